The molecule has 0 radical (unpaired) electrons. The summed E-state index contributed by atoms with van der Waals surface area (Å²) in [6, 6.07) is 1.20. The molecule has 1 fully saturated rings. The molecule has 3 nitrogen and oxygen atoms in total. The van der Waals surface area contributed by atoms with E-state index in [0.717, 1.165) is 32.1 Å². The summed E-state index contributed by atoms with van der Waals surface area (Å²) >= 11 is 0. The summed E-state index contributed by atoms with van der Waals surface area (Å²) in [5.41, 5.74) is 0. The van der Waals surface area contributed by atoms with Gasteiger partial charge in [0.1, 0.15) is 0 Å². The van der Waals surface area contributed by atoms with Crippen LogP contribution in [0.1, 0.15) is 52.4 Å². The number of hydrogen-bond acceptors (Lipinski definition) is 2. The van der Waals surface area contributed by atoms with E-state index in [-0.39, 0.29) is 0 Å². The molecule has 0 aromatic carbocycles. The summed E-state index contributed by atoms with van der Waals surface area (Å²) in [7, 11) is 0. The molecule has 1 aliphatic carbocycles. The highest BCUT2D eigenvalue weighted by Crippen LogP contribution is 2.27. The Morgan fingerprint density at radius 2 is 2.00 bits per heavy atom. The smallest absolute Gasteiger partial charge is 0.303 e. The Bertz CT molecular complexity index is 198. The third-order valence-corrected chi connectivity index (χ3v) is 3.44. The van der Waals surface area contributed by atoms with Gasteiger partial charge in [-0.2, -0.15) is 0 Å². The van der Waals surface area contributed by atoms with Crippen LogP contribution in [0, 0.1) is 5.92 Å². The first kappa shape index (κ1) is 12.5. The second kappa shape index (κ2) is 6.11. The molecule has 0 spiro atoms. The molecule has 15 heavy (non-hydrogen) atoms. The number of hydrogen-bond donors (Lipinski definition) is 2. The Balaban J connectivity index is 2.20. The average Bonchev–Trinajstić information content (AvgIpc) is 2.20. The van der Waals surface area contributed by atoms with E-state index in [2.05, 4.69) is 19.2 Å². The molecule has 1 unspecified atom stereocenters. The standard InChI is InChI=1S/C12H23NO2/c1-3-9(2)13-11-6-4-10(5-7-11)8-12(14)15/h9-11,13H,3-8H2,1-2H3,(H,14,15). The summed E-state index contributed by atoms with van der Waals surface area (Å²) in [5.74, 6) is -0.231. The van der Waals surface area contributed by atoms with Gasteiger partial charge in [0, 0.05) is 18.5 Å². The van der Waals surface area contributed by atoms with E-state index in [1.807, 2.05) is 0 Å². The van der Waals surface area contributed by atoms with Crippen LogP contribution in [0.15, 0.2) is 0 Å². The molecular weight excluding hydrogens is 190 g/mol. The van der Waals surface area contributed by atoms with Gasteiger partial charge in [0.25, 0.3) is 0 Å². The third-order valence-electron chi connectivity index (χ3n) is 3.44. The van der Waals surface area contributed by atoms with Gasteiger partial charge in [-0.15, -0.1) is 0 Å². The van der Waals surface area contributed by atoms with Gasteiger partial charge in [-0.25, -0.2) is 0 Å². The van der Waals surface area contributed by atoms with Crippen molar-refractivity contribution in [1.29, 1.82) is 0 Å². The minimum absolute atomic E-state index is 0.357. The molecule has 2 N–H and O–H groups in total. The lowest BCUT2D eigenvalue weighted by atomic mass is 9.84. The largest absolute Gasteiger partial charge is 0.481 e. The molecule has 0 saturated heterocycles. The van der Waals surface area contributed by atoms with Crippen molar-refractivity contribution in [3.8, 4) is 0 Å². The molecule has 0 aromatic rings. The third kappa shape index (κ3) is 4.65. The van der Waals surface area contributed by atoms with Gasteiger partial charge in [0.05, 0.1) is 0 Å². The van der Waals surface area contributed by atoms with E-state index < -0.39 is 5.97 Å². The van der Waals surface area contributed by atoms with Crippen LogP contribution in [-0.2, 0) is 4.79 Å². The maximum Gasteiger partial charge on any atom is 0.303 e. The van der Waals surface area contributed by atoms with E-state index in [1.54, 1.807) is 0 Å². The number of carboxylic acid groups (broad SMARTS) is 1. The highest BCUT2D eigenvalue weighted by atomic mass is 16.4. The maximum absolute atomic E-state index is 10.6. The Hall–Kier alpha value is -0.570. The molecule has 1 atom stereocenters. The summed E-state index contributed by atoms with van der Waals surface area (Å²) in [6.45, 7) is 4.40. The zero-order valence-corrected chi connectivity index (χ0v) is 9.83. The van der Waals surface area contributed by atoms with Crippen LogP contribution in [0.4, 0.5) is 0 Å². The minimum atomic E-state index is -0.645. The molecule has 0 bridgehead atoms. The zero-order chi connectivity index (χ0) is 11.3. The van der Waals surface area contributed by atoms with Crippen molar-refractivity contribution in [2.45, 2.75) is 64.5 Å². The van der Waals surface area contributed by atoms with E-state index in [4.69, 9.17) is 5.11 Å². The average molecular weight is 213 g/mol. The number of aliphatic carboxylic acids is 1. The fourth-order valence-corrected chi connectivity index (χ4v) is 2.30. The van der Waals surface area contributed by atoms with Gasteiger partial charge in [-0.05, 0) is 44.9 Å². The highest BCUT2D eigenvalue weighted by Gasteiger charge is 2.23. The number of rotatable bonds is 5. The maximum atomic E-state index is 10.6. The van der Waals surface area contributed by atoms with Gasteiger partial charge in [0.2, 0.25) is 0 Å². The Morgan fingerprint density at radius 1 is 1.40 bits per heavy atom. The van der Waals surface area contributed by atoms with E-state index >= 15 is 0 Å². The van der Waals surface area contributed by atoms with Gasteiger partial charge in [-0.1, -0.05) is 6.92 Å². The van der Waals surface area contributed by atoms with Crippen LogP contribution < -0.4 is 5.32 Å². The van der Waals surface area contributed by atoms with Crippen LogP contribution in [-0.4, -0.2) is 23.2 Å². The molecule has 0 aromatic heterocycles. The summed E-state index contributed by atoms with van der Waals surface area (Å²) < 4.78 is 0. The lowest BCUT2D eigenvalue weighted by Crippen LogP contribution is -2.38. The van der Waals surface area contributed by atoms with Crippen LogP contribution in [0.5, 0.6) is 0 Å². The number of carboxylic acids is 1. The topological polar surface area (TPSA) is 49.3 Å². The fourth-order valence-electron chi connectivity index (χ4n) is 2.30. The van der Waals surface area contributed by atoms with E-state index in [0.29, 0.717) is 24.4 Å². The van der Waals surface area contributed by atoms with Crippen molar-refractivity contribution in [3.63, 3.8) is 0 Å². The Labute approximate surface area is 92.3 Å². The molecule has 1 aliphatic rings. The molecule has 0 heterocycles. The Kier molecular flexibility index (Phi) is 5.09. The fraction of sp³-hybridized carbons (Fsp3) is 0.917. The first-order valence-corrected chi connectivity index (χ1v) is 6.09. The molecule has 1 saturated carbocycles. The molecular formula is C12H23NO2. The number of carbonyl (C=O) groups is 1. The summed E-state index contributed by atoms with van der Waals surface area (Å²) in [5, 5.41) is 12.3. The highest BCUT2D eigenvalue weighted by molar-refractivity contribution is 5.67. The SMILES string of the molecule is CCC(C)NC1CCC(CC(=O)O)CC1. The van der Waals surface area contributed by atoms with Crippen LogP contribution in [0.2, 0.25) is 0 Å². The van der Waals surface area contributed by atoms with Crippen molar-refractivity contribution < 1.29 is 9.90 Å². The summed E-state index contributed by atoms with van der Waals surface area (Å²) in [6.07, 6.45) is 5.94. The second-order valence-corrected chi connectivity index (χ2v) is 4.79. The predicted molar refractivity (Wildman–Crippen MR) is 60.9 cm³/mol. The molecule has 0 aliphatic heterocycles. The van der Waals surface area contributed by atoms with Crippen molar-refractivity contribution >= 4 is 5.97 Å². The first-order valence-electron chi connectivity index (χ1n) is 6.09. The van der Waals surface area contributed by atoms with Crippen LogP contribution in [0.25, 0.3) is 0 Å². The van der Waals surface area contributed by atoms with Crippen molar-refractivity contribution in [1.82, 2.24) is 5.32 Å². The summed E-state index contributed by atoms with van der Waals surface area (Å²) in [4.78, 5) is 10.6. The lowest BCUT2D eigenvalue weighted by Gasteiger charge is -2.30. The van der Waals surface area contributed by atoms with E-state index in [9.17, 15) is 4.79 Å². The molecule has 88 valence electrons. The lowest BCUT2D eigenvalue weighted by molar-refractivity contribution is -0.138. The number of nitrogens with one attached hydrogen (secondary N) is 1. The van der Waals surface area contributed by atoms with Gasteiger partial charge in [0.15, 0.2) is 0 Å². The van der Waals surface area contributed by atoms with Gasteiger partial charge in [-0.3, -0.25) is 4.79 Å². The van der Waals surface area contributed by atoms with Crippen molar-refractivity contribution in [3.05, 3.63) is 0 Å². The van der Waals surface area contributed by atoms with Gasteiger partial charge < -0.3 is 10.4 Å². The quantitative estimate of drug-likeness (QED) is 0.737. The van der Waals surface area contributed by atoms with Crippen LogP contribution in [0.3, 0.4) is 0 Å². The molecule has 1 rings (SSSR count). The predicted octanol–water partition coefficient (Wildman–Crippen LogP) is 2.41. The molecule has 3 heteroatoms. The second-order valence-electron chi connectivity index (χ2n) is 4.79. The monoisotopic (exact) mass is 213 g/mol. The van der Waals surface area contributed by atoms with E-state index in [1.165, 1.54) is 0 Å². The first-order chi connectivity index (χ1) is 7.11. The molecule has 0 amide bonds. The van der Waals surface area contributed by atoms with Crippen molar-refractivity contribution in [2.24, 2.45) is 5.92 Å². The van der Waals surface area contributed by atoms with Gasteiger partial charge >= 0.3 is 5.97 Å². The minimum Gasteiger partial charge on any atom is -0.481 e. The Morgan fingerprint density at radius 3 is 2.47 bits per heavy atom. The normalized spacial score (nSPS) is 28.7. The van der Waals surface area contributed by atoms with Crippen LogP contribution >= 0.6 is 0 Å². The van der Waals surface area contributed by atoms with Crippen molar-refractivity contribution in [2.75, 3.05) is 0 Å². The zero-order valence-electron chi connectivity index (χ0n) is 9.83.